The Labute approximate surface area is 109 Å². The summed E-state index contributed by atoms with van der Waals surface area (Å²) >= 11 is 0. The first-order chi connectivity index (χ1) is 8.50. The predicted octanol–water partition coefficient (Wildman–Crippen LogP) is 2.51. The van der Waals surface area contributed by atoms with Gasteiger partial charge in [-0.05, 0) is 57.6 Å². The molecule has 3 heterocycles. The van der Waals surface area contributed by atoms with Gasteiger partial charge in [0, 0.05) is 12.1 Å². The number of carbonyl (C=O) groups is 1. The maximum atomic E-state index is 11.6. The molecule has 2 fully saturated rings. The van der Waals surface area contributed by atoms with Crippen molar-refractivity contribution in [1.29, 1.82) is 0 Å². The number of nitrogens with zero attached hydrogens (tertiary/aromatic N) is 1. The first-order valence-electron chi connectivity index (χ1n) is 7.20. The molecular weight excluding hydrogens is 226 g/mol. The highest BCUT2D eigenvalue weighted by Crippen LogP contribution is 2.44. The van der Waals surface area contributed by atoms with Crippen molar-refractivity contribution >= 4 is 5.97 Å². The highest BCUT2D eigenvalue weighted by molar-refractivity contribution is 5.87. The number of rotatable bonds is 0. The summed E-state index contributed by atoms with van der Waals surface area (Å²) in [5.41, 5.74) is 0.859. The van der Waals surface area contributed by atoms with Crippen molar-refractivity contribution in [2.75, 3.05) is 6.54 Å². The second-order valence-corrected chi connectivity index (χ2v) is 6.47. The fourth-order valence-electron chi connectivity index (χ4n) is 3.95. The lowest BCUT2D eigenvalue weighted by molar-refractivity contribution is -0.152. The van der Waals surface area contributed by atoms with Gasteiger partial charge in [-0.25, -0.2) is 4.79 Å². The van der Waals surface area contributed by atoms with Gasteiger partial charge in [-0.1, -0.05) is 6.92 Å². The molecule has 0 saturated carbocycles. The lowest BCUT2D eigenvalue weighted by Crippen LogP contribution is -2.56. The van der Waals surface area contributed by atoms with E-state index in [1.54, 1.807) is 6.08 Å². The van der Waals surface area contributed by atoms with Gasteiger partial charge in [-0.2, -0.15) is 0 Å². The van der Waals surface area contributed by atoms with Gasteiger partial charge in [0.25, 0.3) is 0 Å². The summed E-state index contributed by atoms with van der Waals surface area (Å²) in [5.74, 6) is 0.592. The fourth-order valence-corrected chi connectivity index (χ4v) is 3.95. The number of esters is 1. The molecular formula is C15H23NO2. The summed E-state index contributed by atoms with van der Waals surface area (Å²) in [4.78, 5) is 14.2. The van der Waals surface area contributed by atoms with Gasteiger partial charge in [-0.3, -0.25) is 4.90 Å². The molecule has 0 bridgehead atoms. The largest absolute Gasteiger partial charge is 0.450 e. The van der Waals surface area contributed by atoms with E-state index in [9.17, 15) is 4.79 Å². The zero-order valence-corrected chi connectivity index (χ0v) is 11.6. The Bertz CT molecular complexity index is 403. The van der Waals surface area contributed by atoms with Crippen molar-refractivity contribution in [3.63, 3.8) is 0 Å². The number of ether oxygens (including phenoxy) is 1. The molecule has 3 heteroatoms. The summed E-state index contributed by atoms with van der Waals surface area (Å²) in [6.07, 6.45) is 6.30. The van der Waals surface area contributed by atoms with Crippen LogP contribution in [0.4, 0.5) is 0 Å². The van der Waals surface area contributed by atoms with Gasteiger partial charge < -0.3 is 4.74 Å². The Hall–Kier alpha value is -0.830. The predicted molar refractivity (Wildman–Crippen MR) is 70.2 cm³/mol. The molecule has 2 unspecified atom stereocenters. The molecule has 0 spiro atoms. The quantitative estimate of drug-likeness (QED) is 0.618. The van der Waals surface area contributed by atoms with Crippen LogP contribution in [0.25, 0.3) is 0 Å². The monoisotopic (exact) mass is 249 g/mol. The third kappa shape index (κ3) is 1.71. The summed E-state index contributed by atoms with van der Waals surface area (Å²) < 4.78 is 5.73. The van der Waals surface area contributed by atoms with Gasteiger partial charge >= 0.3 is 5.97 Å². The van der Waals surface area contributed by atoms with Crippen molar-refractivity contribution in [3.8, 4) is 0 Å². The highest BCUT2D eigenvalue weighted by Gasteiger charge is 2.51. The normalized spacial score (nSPS) is 44.7. The molecule has 0 aromatic rings. The molecule has 0 aromatic carbocycles. The number of fused-ring (bicyclic) bond motifs is 3. The van der Waals surface area contributed by atoms with E-state index in [-0.39, 0.29) is 11.6 Å². The smallest absolute Gasteiger partial charge is 0.331 e. The van der Waals surface area contributed by atoms with Crippen molar-refractivity contribution in [3.05, 3.63) is 11.6 Å². The Kier molecular flexibility index (Phi) is 2.77. The van der Waals surface area contributed by atoms with Gasteiger partial charge in [0.2, 0.25) is 0 Å². The number of hydrogen-bond donors (Lipinski definition) is 0. The van der Waals surface area contributed by atoms with Gasteiger partial charge in [-0.15, -0.1) is 0 Å². The fraction of sp³-hybridized carbons (Fsp3) is 0.800. The minimum atomic E-state index is -0.365. The molecule has 0 aliphatic carbocycles. The van der Waals surface area contributed by atoms with E-state index in [1.165, 1.54) is 12.0 Å². The number of piperidine rings is 1. The van der Waals surface area contributed by atoms with Crippen LogP contribution in [0.5, 0.6) is 0 Å². The van der Waals surface area contributed by atoms with Crippen molar-refractivity contribution in [1.82, 2.24) is 4.90 Å². The molecule has 0 aromatic heterocycles. The average molecular weight is 249 g/mol. The van der Waals surface area contributed by atoms with Crippen LogP contribution in [-0.4, -0.2) is 35.1 Å². The van der Waals surface area contributed by atoms with Crippen molar-refractivity contribution in [2.24, 2.45) is 5.92 Å². The first kappa shape index (κ1) is 12.2. The van der Waals surface area contributed by atoms with Crippen molar-refractivity contribution in [2.45, 2.75) is 64.1 Å². The van der Waals surface area contributed by atoms with Crippen LogP contribution >= 0.6 is 0 Å². The molecule has 0 radical (unpaired) electrons. The van der Waals surface area contributed by atoms with E-state index in [2.05, 4.69) is 25.7 Å². The molecule has 18 heavy (non-hydrogen) atoms. The van der Waals surface area contributed by atoms with Gasteiger partial charge in [0.05, 0.1) is 6.04 Å². The molecule has 3 nitrogen and oxygen atoms in total. The molecule has 3 rings (SSSR count). The van der Waals surface area contributed by atoms with Crippen molar-refractivity contribution < 1.29 is 9.53 Å². The average Bonchev–Trinajstić information content (AvgIpc) is 2.57. The molecule has 0 amide bonds. The van der Waals surface area contributed by atoms with E-state index >= 15 is 0 Å². The van der Waals surface area contributed by atoms with Crippen LogP contribution in [0.15, 0.2) is 11.6 Å². The second-order valence-electron chi connectivity index (χ2n) is 6.47. The lowest BCUT2D eigenvalue weighted by Gasteiger charge is -2.47. The maximum absolute atomic E-state index is 11.6. The Morgan fingerprint density at radius 2 is 2.17 bits per heavy atom. The minimum absolute atomic E-state index is 0.139. The topological polar surface area (TPSA) is 29.5 Å². The Balaban J connectivity index is 1.99. The standard InChI is InChI=1S/C15H23NO2/c1-10-6-7-16-11(2)4-5-12-9-14(17)18-15(12,3)13(16)8-10/h9-11,13H,4-8H2,1-3H3/t10?,11-,13?,15-/m0/s1. The summed E-state index contributed by atoms with van der Waals surface area (Å²) in [6.45, 7) is 7.90. The van der Waals surface area contributed by atoms with E-state index in [4.69, 9.17) is 4.74 Å². The molecule has 3 aliphatic rings. The van der Waals surface area contributed by atoms with Gasteiger partial charge in [0.1, 0.15) is 5.60 Å². The molecule has 4 atom stereocenters. The Morgan fingerprint density at radius 1 is 1.39 bits per heavy atom. The van der Waals surface area contributed by atoms with Gasteiger partial charge in [0.15, 0.2) is 0 Å². The zero-order valence-electron chi connectivity index (χ0n) is 11.6. The minimum Gasteiger partial charge on any atom is -0.450 e. The third-order valence-electron chi connectivity index (χ3n) is 5.18. The maximum Gasteiger partial charge on any atom is 0.331 e. The van der Waals surface area contributed by atoms with E-state index in [1.807, 2.05) is 0 Å². The first-order valence-corrected chi connectivity index (χ1v) is 7.20. The van der Waals surface area contributed by atoms with E-state index < -0.39 is 0 Å². The zero-order chi connectivity index (χ0) is 12.9. The lowest BCUT2D eigenvalue weighted by atomic mass is 9.79. The van der Waals surface area contributed by atoms with E-state index in [0.717, 1.165) is 31.7 Å². The molecule has 2 saturated heterocycles. The molecule has 100 valence electrons. The van der Waals surface area contributed by atoms with Crippen LogP contribution in [0.2, 0.25) is 0 Å². The summed E-state index contributed by atoms with van der Waals surface area (Å²) in [5, 5.41) is 0. The van der Waals surface area contributed by atoms with Crippen LogP contribution in [0, 0.1) is 5.92 Å². The second kappa shape index (κ2) is 4.09. The number of hydrogen-bond acceptors (Lipinski definition) is 3. The summed E-state index contributed by atoms with van der Waals surface area (Å²) in [7, 11) is 0. The third-order valence-corrected chi connectivity index (χ3v) is 5.18. The molecule has 0 N–H and O–H groups in total. The SMILES string of the molecule is CC1CCN2C(C1)[C@@]1(C)OC(=O)C=C1CC[C@@H]2C. The highest BCUT2D eigenvalue weighted by atomic mass is 16.6. The Morgan fingerprint density at radius 3 is 2.94 bits per heavy atom. The van der Waals surface area contributed by atoms with Crippen LogP contribution in [-0.2, 0) is 9.53 Å². The van der Waals surface area contributed by atoms with E-state index in [0.29, 0.717) is 12.1 Å². The number of carbonyl (C=O) groups excluding carboxylic acids is 1. The van der Waals surface area contributed by atoms with Crippen LogP contribution < -0.4 is 0 Å². The van der Waals surface area contributed by atoms with Crippen LogP contribution in [0.3, 0.4) is 0 Å². The molecule has 3 aliphatic heterocycles. The van der Waals surface area contributed by atoms with Crippen LogP contribution in [0.1, 0.15) is 46.5 Å². The summed E-state index contributed by atoms with van der Waals surface area (Å²) in [6, 6.07) is 0.973.